The van der Waals surface area contributed by atoms with Crippen molar-refractivity contribution in [1.82, 2.24) is 15.6 Å². The minimum Gasteiger partial charge on any atom is -0.459 e. The highest BCUT2D eigenvalue weighted by Gasteiger charge is 2.18. The summed E-state index contributed by atoms with van der Waals surface area (Å²) in [5.41, 5.74) is 0.734. The number of carbonyl (C=O) groups excluding carboxylic acids is 1. The molecule has 2 aromatic heterocycles. The van der Waals surface area contributed by atoms with E-state index in [2.05, 4.69) is 15.6 Å². The van der Waals surface area contributed by atoms with E-state index in [1.54, 1.807) is 0 Å². The van der Waals surface area contributed by atoms with Crippen molar-refractivity contribution in [2.45, 2.75) is 33.7 Å². The highest BCUT2D eigenvalue weighted by Crippen LogP contribution is 2.29. The zero-order valence-corrected chi connectivity index (χ0v) is 13.6. The first-order valence-electron chi connectivity index (χ1n) is 7.07. The van der Waals surface area contributed by atoms with E-state index < -0.39 is 0 Å². The Hall–Kier alpha value is -1.66. The molecule has 0 fully saturated rings. The molecule has 2 N–H and O–H groups in total. The number of likely N-dealkylation sites (N-methyl/N-ethyl adjacent to an activating group) is 1. The maximum Gasteiger partial charge on any atom is 0.263 e. The van der Waals surface area contributed by atoms with Gasteiger partial charge >= 0.3 is 0 Å². The van der Waals surface area contributed by atoms with Crippen molar-refractivity contribution in [3.63, 3.8) is 0 Å². The molecule has 21 heavy (non-hydrogen) atoms. The molecule has 0 saturated heterocycles. The van der Waals surface area contributed by atoms with Gasteiger partial charge in [-0.3, -0.25) is 4.79 Å². The summed E-state index contributed by atoms with van der Waals surface area (Å²) >= 11 is 1.36. The summed E-state index contributed by atoms with van der Waals surface area (Å²) in [4.78, 5) is 17.3. The van der Waals surface area contributed by atoms with Gasteiger partial charge in [0.2, 0.25) is 0 Å². The second-order valence-electron chi connectivity index (χ2n) is 5.01. The Bertz CT molecular complexity index is 618. The number of nitrogens with one attached hydrogen (secondary N) is 2. The van der Waals surface area contributed by atoms with Crippen molar-refractivity contribution >= 4 is 17.2 Å². The molecule has 2 rings (SSSR count). The number of furan rings is 1. The van der Waals surface area contributed by atoms with Crippen LogP contribution in [-0.2, 0) is 0 Å². The Morgan fingerprint density at radius 3 is 2.81 bits per heavy atom. The second kappa shape index (κ2) is 6.87. The molecule has 1 amide bonds. The Labute approximate surface area is 128 Å². The molecule has 5 nitrogen and oxygen atoms in total. The molecule has 114 valence electrons. The van der Waals surface area contributed by atoms with E-state index in [-0.39, 0.29) is 11.9 Å². The van der Waals surface area contributed by atoms with Crippen LogP contribution in [0.3, 0.4) is 0 Å². The smallest absolute Gasteiger partial charge is 0.263 e. The van der Waals surface area contributed by atoms with Crippen LogP contribution in [0.25, 0.3) is 10.8 Å². The lowest BCUT2D eigenvalue weighted by molar-refractivity contribution is 0.0953. The van der Waals surface area contributed by atoms with Crippen LogP contribution >= 0.6 is 11.3 Å². The normalized spacial score (nSPS) is 12.4. The summed E-state index contributed by atoms with van der Waals surface area (Å²) in [7, 11) is 0. The van der Waals surface area contributed by atoms with Gasteiger partial charge < -0.3 is 15.1 Å². The fraction of sp³-hybridized carbons (Fsp3) is 0.467. The van der Waals surface area contributed by atoms with Crippen molar-refractivity contribution in [2.75, 3.05) is 13.1 Å². The predicted octanol–water partition coefficient (Wildman–Crippen LogP) is 2.75. The Morgan fingerprint density at radius 1 is 1.43 bits per heavy atom. The molecule has 0 radical (unpaired) electrons. The zero-order chi connectivity index (χ0) is 15.4. The number of rotatable bonds is 6. The molecule has 0 aliphatic rings. The Kier molecular flexibility index (Phi) is 5.14. The Balaban J connectivity index is 2.06. The third-order valence-corrected chi connectivity index (χ3v) is 4.25. The lowest BCUT2D eigenvalue weighted by Gasteiger charge is -2.12. The molecular weight excluding hydrogens is 286 g/mol. The van der Waals surface area contributed by atoms with Gasteiger partial charge in [0.05, 0.1) is 5.69 Å². The van der Waals surface area contributed by atoms with Gasteiger partial charge in [-0.1, -0.05) is 6.92 Å². The molecule has 0 spiro atoms. The summed E-state index contributed by atoms with van der Waals surface area (Å²) in [6, 6.07) is 4.02. The molecule has 0 aliphatic carbocycles. The van der Waals surface area contributed by atoms with Crippen LogP contribution in [0.15, 0.2) is 16.5 Å². The van der Waals surface area contributed by atoms with E-state index in [0.29, 0.717) is 17.2 Å². The fourth-order valence-electron chi connectivity index (χ4n) is 2.01. The standard InChI is InChI=1S/C15H21N3O2S/c1-5-16-9(2)8-17-14(19)13-11(4)18-15(21-13)12-7-6-10(3)20-12/h6-7,9,16H,5,8H2,1-4H3,(H,17,19)/t9-/m1/s1. The van der Waals surface area contributed by atoms with Gasteiger partial charge in [-0.05, 0) is 39.4 Å². The predicted molar refractivity (Wildman–Crippen MR) is 84.8 cm³/mol. The molecule has 2 aromatic rings. The quantitative estimate of drug-likeness (QED) is 0.861. The van der Waals surface area contributed by atoms with E-state index in [0.717, 1.165) is 23.0 Å². The summed E-state index contributed by atoms with van der Waals surface area (Å²) < 4.78 is 5.55. The number of aryl methyl sites for hydroxylation is 2. The monoisotopic (exact) mass is 307 g/mol. The van der Waals surface area contributed by atoms with Crippen LogP contribution in [0.2, 0.25) is 0 Å². The minimum absolute atomic E-state index is 0.0794. The van der Waals surface area contributed by atoms with Crippen molar-refractivity contribution in [2.24, 2.45) is 0 Å². The second-order valence-corrected chi connectivity index (χ2v) is 6.01. The van der Waals surface area contributed by atoms with E-state index in [1.807, 2.05) is 39.8 Å². The molecule has 6 heteroatoms. The zero-order valence-electron chi connectivity index (χ0n) is 12.8. The summed E-state index contributed by atoms with van der Waals surface area (Å²) in [5.74, 6) is 1.47. The highest BCUT2D eigenvalue weighted by molar-refractivity contribution is 7.17. The number of hydrogen-bond acceptors (Lipinski definition) is 5. The van der Waals surface area contributed by atoms with Crippen LogP contribution in [-0.4, -0.2) is 30.0 Å². The van der Waals surface area contributed by atoms with Gasteiger partial charge in [0.15, 0.2) is 10.8 Å². The average molecular weight is 307 g/mol. The molecular formula is C15H21N3O2S. The molecule has 0 aromatic carbocycles. The lowest BCUT2D eigenvalue weighted by atomic mass is 10.3. The molecule has 0 unspecified atom stereocenters. The number of thiazole rings is 1. The van der Waals surface area contributed by atoms with Gasteiger partial charge in [0.1, 0.15) is 10.6 Å². The van der Waals surface area contributed by atoms with Crippen LogP contribution in [0, 0.1) is 13.8 Å². The van der Waals surface area contributed by atoms with Crippen LogP contribution in [0.4, 0.5) is 0 Å². The van der Waals surface area contributed by atoms with Gasteiger partial charge in [-0.25, -0.2) is 4.98 Å². The van der Waals surface area contributed by atoms with Gasteiger partial charge in [-0.15, -0.1) is 11.3 Å². The summed E-state index contributed by atoms with van der Waals surface area (Å²) in [6.45, 7) is 9.31. The van der Waals surface area contributed by atoms with E-state index in [9.17, 15) is 4.79 Å². The SMILES string of the molecule is CCN[C@H](C)CNC(=O)c1sc(-c2ccc(C)o2)nc1C. The molecule has 2 heterocycles. The fourth-order valence-corrected chi connectivity index (χ4v) is 2.95. The first-order valence-corrected chi connectivity index (χ1v) is 7.88. The topological polar surface area (TPSA) is 67.2 Å². The molecule has 0 aliphatic heterocycles. The van der Waals surface area contributed by atoms with E-state index >= 15 is 0 Å². The minimum atomic E-state index is -0.0794. The van der Waals surface area contributed by atoms with Gasteiger partial charge in [0, 0.05) is 12.6 Å². The number of carbonyl (C=O) groups is 1. The van der Waals surface area contributed by atoms with Crippen LogP contribution in [0.5, 0.6) is 0 Å². The number of hydrogen-bond donors (Lipinski definition) is 2. The van der Waals surface area contributed by atoms with Crippen molar-refractivity contribution < 1.29 is 9.21 Å². The number of nitrogens with zero attached hydrogens (tertiary/aromatic N) is 1. The number of aromatic nitrogens is 1. The lowest BCUT2D eigenvalue weighted by Crippen LogP contribution is -2.38. The molecule has 1 atom stereocenters. The first kappa shape index (κ1) is 15.7. The maximum atomic E-state index is 12.2. The molecule has 0 bridgehead atoms. The molecule has 0 saturated carbocycles. The van der Waals surface area contributed by atoms with Gasteiger partial charge in [-0.2, -0.15) is 0 Å². The van der Waals surface area contributed by atoms with Crippen molar-refractivity contribution in [3.8, 4) is 10.8 Å². The third kappa shape index (κ3) is 3.92. The highest BCUT2D eigenvalue weighted by atomic mass is 32.1. The number of amides is 1. The van der Waals surface area contributed by atoms with Crippen molar-refractivity contribution in [1.29, 1.82) is 0 Å². The third-order valence-electron chi connectivity index (χ3n) is 3.08. The summed E-state index contributed by atoms with van der Waals surface area (Å²) in [5, 5.41) is 6.93. The van der Waals surface area contributed by atoms with Crippen molar-refractivity contribution in [3.05, 3.63) is 28.5 Å². The summed E-state index contributed by atoms with van der Waals surface area (Å²) in [6.07, 6.45) is 0. The van der Waals surface area contributed by atoms with Gasteiger partial charge in [0.25, 0.3) is 5.91 Å². The van der Waals surface area contributed by atoms with Crippen LogP contribution in [0.1, 0.15) is 35.0 Å². The Morgan fingerprint density at radius 2 is 2.19 bits per heavy atom. The van der Waals surface area contributed by atoms with Crippen LogP contribution < -0.4 is 10.6 Å². The van der Waals surface area contributed by atoms with E-state index in [4.69, 9.17) is 4.42 Å². The maximum absolute atomic E-state index is 12.2. The average Bonchev–Trinajstić information content (AvgIpc) is 3.02. The van der Waals surface area contributed by atoms with E-state index in [1.165, 1.54) is 11.3 Å². The largest absolute Gasteiger partial charge is 0.459 e. The first-order chi connectivity index (χ1) is 10.0.